The molecule has 0 saturated heterocycles. The Labute approximate surface area is 159 Å². The fourth-order valence-corrected chi connectivity index (χ4v) is 5.23. The summed E-state index contributed by atoms with van der Waals surface area (Å²) in [7, 11) is 0. The van der Waals surface area contributed by atoms with Gasteiger partial charge in [-0.05, 0) is 84.6 Å². The lowest BCUT2D eigenvalue weighted by atomic mass is 9.64. The maximum Gasteiger partial charge on any atom is 0.416 e. The zero-order valence-corrected chi connectivity index (χ0v) is 15.8. The Morgan fingerprint density at radius 1 is 0.704 bits per heavy atom. The minimum Gasteiger partial charge on any atom is -0.166 e. The molecule has 2 saturated carbocycles. The van der Waals surface area contributed by atoms with E-state index in [1.165, 1.54) is 44.1 Å². The molecule has 4 rings (SSSR count). The smallest absolute Gasteiger partial charge is 0.166 e. The van der Waals surface area contributed by atoms with Gasteiger partial charge in [0.15, 0.2) is 0 Å². The molecule has 3 heteroatoms. The summed E-state index contributed by atoms with van der Waals surface area (Å²) in [6.45, 7) is 2.39. The maximum atomic E-state index is 12.7. The first kappa shape index (κ1) is 18.6. The molecule has 2 aliphatic rings. The third-order valence-electron chi connectivity index (χ3n) is 6.80. The molecule has 0 aliphatic heterocycles. The number of hydrogen-bond donors (Lipinski definition) is 0. The van der Waals surface area contributed by atoms with Crippen molar-refractivity contribution in [3.05, 3.63) is 59.7 Å². The van der Waals surface area contributed by atoms with Crippen molar-refractivity contribution in [2.45, 2.75) is 57.5 Å². The van der Waals surface area contributed by atoms with Crippen molar-refractivity contribution in [3.63, 3.8) is 0 Å². The Balaban J connectivity index is 1.45. The monoisotopic (exact) mass is 372 g/mol. The van der Waals surface area contributed by atoms with E-state index >= 15 is 0 Å². The Bertz CT molecular complexity index is 758. The van der Waals surface area contributed by atoms with Crippen LogP contribution < -0.4 is 0 Å². The Morgan fingerprint density at radius 2 is 1.26 bits per heavy atom. The van der Waals surface area contributed by atoms with Crippen LogP contribution in [0.25, 0.3) is 11.1 Å². The topological polar surface area (TPSA) is 0 Å². The number of halogens is 3. The average Bonchev–Trinajstić information content (AvgIpc) is 2.67. The first-order valence-corrected chi connectivity index (χ1v) is 10.2. The average molecular weight is 372 g/mol. The summed E-state index contributed by atoms with van der Waals surface area (Å²) in [5.41, 5.74) is 2.61. The van der Waals surface area contributed by atoms with E-state index in [1.54, 1.807) is 12.1 Å². The molecule has 0 spiro atoms. The quantitative estimate of drug-likeness (QED) is 0.507. The van der Waals surface area contributed by atoms with Gasteiger partial charge in [-0.1, -0.05) is 49.7 Å². The first-order valence-electron chi connectivity index (χ1n) is 10.2. The highest BCUT2D eigenvalue weighted by atomic mass is 19.4. The van der Waals surface area contributed by atoms with Crippen LogP contribution in [0.3, 0.4) is 0 Å². The summed E-state index contributed by atoms with van der Waals surface area (Å²) >= 11 is 0. The van der Waals surface area contributed by atoms with Crippen LogP contribution >= 0.6 is 0 Å². The van der Waals surface area contributed by atoms with E-state index in [4.69, 9.17) is 0 Å². The van der Waals surface area contributed by atoms with Gasteiger partial charge in [-0.3, -0.25) is 0 Å². The van der Waals surface area contributed by atoms with Crippen LogP contribution in [0.15, 0.2) is 48.5 Å². The fraction of sp³-hybridized carbons (Fsp3) is 0.500. The van der Waals surface area contributed by atoms with Gasteiger partial charge in [0.2, 0.25) is 0 Å². The number of hydrogen-bond acceptors (Lipinski definition) is 0. The highest BCUT2D eigenvalue weighted by Crippen LogP contribution is 2.47. The molecule has 4 atom stereocenters. The summed E-state index contributed by atoms with van der Waals surface area (Å²) in [4.78, 5) is 0. The summed E-state index contributed by atoms with van der Waals surface area (Å²) < 4.78 is 38.2. The highest BCUT2D eigenvalue weighted by molar-refractivity contribution is 5.64. The highest BCUT2D eigenvalue weighted by Gasteiger charge is 2.34. The zero-order valence-electron chi connectivity index (χ0n) is 15.8. The third kappa shape index (κ3) is 4.07. The van der Waals surface area contributed by atoms with Gasteiger partial charge < -0.3 is 0 Å². The molecule has 2 fully saturated rings. The van der Waals surface area contributed by atoms with Crippen LogP contribution in [0, 0.1) is 17.8 Å². The van der Waals surface area contributed by atoms with Crippen molar-refractivity contribution in [1.29, 1.82) is 0 Å². The number of rotatable bonds is 2. The van der Waals surface area contributed by atoms with Gasteiger partial charge in [-0.2, -0.15) is 13.2 Å². The first-order chi connectivity index (χ1) is 12.9. The van der Waals surface area contributed by atoms with Crippen molar-refractivity contribution in [1.82, 2.24) is 0 Å². The standard InChI is InChI=1S/C24H27F3/c1-16-2-3-22-15-21(9-8-20(22)14-16)19-6-4-17(5-7-19)18-10-12-23(13-11-18)24(25,26)27/h4-7,10-13,16,20-22H,2-3,8-9,14-15H2,1H3/t16?,20-,21-,22-/m1/s1. The van der Waals surface area contributed by atoms with E-state index in [-0.39, 0.29) is 0 Å². The molecule has 0 radical (unpaired) electrons. The minimum absolute atomic E-state index is 0.596. The molecule has 0 aromatic heterocycles. The van der Waals surface area contributed by atoms with Crippen LogP contribution in [0.2, 0.25) is 0 Å². The third-order valence-corrected chi connectivity index (χ3v) is 6.80. The van der Waals surface area contributed by atoms with E-state index < -0.39 is 11.7 Å². The van der Waals surface area contributed by atoms with E-state index in [0.29, 0.717) is 5.92 Å². The number of alkyl halides is 3. The fourth-order valence-electron chi connectivity index (χ4n) is 5.23. The SMILES string of the molecule is CC1CC[C@@H]2C[C@H](c3ccc(-c4ccc(C(F)(F)F)cc4)cc3)CC[C@@H]2C1. The molecule has 2 aromatic carbocycles. The molecular weight excluding hydrogens is 345 g/mol. The van der Waals surface area contributed by atoms with Crippen LogP contribution in [0.5, 0.6) is 0 Å². The van der Waals surface area contributed by atoms with Gasteiger partial charge in [0.25, 0.3) is 0 Å². The van der Waals surface area contributed by atoms with Crippen LogP contribution in [0.1, 0.15) is 62.5 Å². The second-order valence-electron chi connectivity index (χ2n) is 8.65. The maximum absolute atomic E-state index is 12.7. The van der Waals surface area contributed by atoms with Crippen molar-refractivity contribution in [3.8, 4) is 11.1 Å². The molecule has 0 nitrogen and oxygen atoms in total. The lowest BCUT2D eigenvalue weighted by molar-refractivity contribution is -0.137. The van der Waals surface area contributed by atoms with Crippen molar-refractivity contribution in [2.24, 2.45) is 17.8 Å². The van der Waals surface area contributed by atoms with Gasteiger partial charge in [0.05, 0.1) is 5.56 Å². The second-order valence-corrected chi connectivity index (χ2v) is 8.65. The van der Waals surface area contributed by atoms with Crippen molar-refractivity contribution >= 4 is 0 Å². The molecule has 0 heterocycles. The van der Waals surface area contributed by atoms with Gasteiger partial charge in [-0.25, -0.2) is 0 Å². The van der Waals surface area contributed by atoms with Gasteiger partial charge in [0, 0.05) is 0 Å². The number of fused-ring (bicyclic) bond motifs is 1. The molecule has 2 aliphatic carbocycles. The van der Waals surface area contributed by atoms with Crippen LogP contribution in [-0.4, -0.2) is 0 Å². The van der Waals surface area contributed by atoms with Gasteiger partial charge >= 0.3 is 6.18 Å². The van der Waals surface area contributed by atoms with E-state index in [2.05, 4.69) is 31.2 Å². The normalized spacial score (nSPS) is 28.6. The lowest BCUT2D eigenvalue weighted by Crippen LogP contribution is -2.29. The molecular formula is C24H27F3. The minimum atomic E-state index is -4.28. The second kappa shape index (κ2) is 7.33. The molecule has 27 heavy (non-hydrogen) atoms. The van der Waals surface area contributed by atoms with Gasteiger partial charge in [0.1, 0.15) is 0 Å². The Kier molecular flexibility index (Phi) is 5.05. The molecule has 1 unspecified atom stereocenters. The van der Waals surface area contributed by atoms with E-state index in [1.807, 2.05) is 0 Å². The predicted molar refractivity (Wildman–Crippen MR) is 103 cm³/mol. The molecule has 0 bridgehead atoms. The van der Waals surface area contributed by atoms with E-state index in [0.717, 1.165) is 41.0 Å². The van der Waals surface area contributed by atoms with E-state index in [9.17, 15) is 13.2 Å². The Hall–Kier alpha value is -1.77. The lowest BCUT2D eigenvalue weighted by Gasteiger charge is -2.41. The predicted octanol–water partition coefficient (Wildman–Crippen LogP) is 7.69. The van der Waals surface area contributed by atoms with Crippen molar-refractivity contribution in [2.75, 3.05) is 0 Å². The molecule has 2 aromatic rings. The summed E-state index contributed by atoms with van der Waals surface area (Å²) in [5, 5.41) is 0. The molecule has 144 valence electrons. The van der Waals surface area contributed by atoms with Crippen molar-refractivity contribution < 1.29 is 13.2 Å². The summed E-state index contributed by atoms with van der Waals surface area (Å²) in [6, 6.07) is 13.9. The largest absolute Gasteiger partial charge is 0.416 e. The molecule has 0 N–H and O–H groups in total. The van der Waals surface area contributed by atoms with Gasteiger partial charge in [-0.15, -0.1) is 0 Å². The summed E-state index contributed by atoms with van der Waals surface area (Å²) in [6.07, 6.45) is 3.81. The zero-order chi connectivity index (χ0) is 19.0. The van der Waals surface area contributed by atoms with Crippen LogP contribution in [-0.2, 0) is 6.18 Å². The number of benzene rings is 2. The molecule has 0 amide bonds. The van der Waals surface area contributed by atoms with Crippen LogP contribution in [0.4, 0.5) is 13.2 Å². The Morgan fingerprint density at radius 3 is 1.89 bits per heavy atom. The summed E-state index contributed by atoms with van der Waals surface area (Å²) in [5.74, 6) is 3.35.